The van der Waals surface area contributed by atoms with Crippen LogP contribution >= 0.6 is 0 Å². The number of allylic oxidation sites excluding steroid dienone is 1. The van der Waals surface area contributed by atoms with Crippen molar-refractivity contribution in [2.75, 3.05) is 33.7 Å². The van der Waals surface area contributed by atoms with Crippen molar-refractivity contribution in [2.45, 2.75) is 44.7 Å². The first-order valence-electron chi connectivity index (χ1n) is 7.79. The fraction of sp³-hybridized carbons (Fsp3) is 0.812. The quantitative estimate of drug-likeness (QED) is 0.734. The van der Waals surface area contributed by atoms with Crippen molar-refractivity contribution in [1.82, 2.24) is 9.80 Å². The Kier molecular flexibility index (Phi) is 5.17. The third kappa shape index (κ3) is 3.67. The average molecular weight is 263 g/mol. The summed E-state index contributed by atoms with van der Waals surface area (Å²) in [5.41, 5.74) is -0.00535. The van der Waals surface area contributed by atoms with Gasteiger partial charge in [0.25, 0.3) is 0 Å². The molecular weight excluding hydrogens is 234 g/mol. The summed E-state index contributed by atoms with van der Waals surface area (Å²) in [5, 5.41) is 0. The van der Waals surface area contributed by atoms with Gasteiger partial charge < -0.3 is 4.90 Å². The highest BCUT2D eigenvalue weighted by Gasteiger charge is 2.35. The molecule has 2 rings (SSSR count). The molecule has 1 fully saturated rings. The summed E-state index contributed by atoms with van der Waals surface area (Å²) in [6.07, 6.45) is 12.9. The predicted molar refractivity (Wildman–Crippen MR) is 82.7 cm³/mol. The Morgan fingerprint density at radius 2 is 2.05 bits per heavy atom. The van der Waals surface area contributed by atoms with Gasteiger partial charge in [-0.2, -0.15) is 0 Å². The molecule has 0 aromatic heterocycles. The zero-order chi connectivity index (χ0) is 13.7. The van der Waals surface area contributed by atoms with Gasteiger partial charge in [-0.3, -0.25) is 9.89 Å². The minimum atomic E-state index is -0.00535. The van der Waals surface area contributed by atoms with Crippen LogP contribution in [0.25, 0.3) is 0 Å². The Morgan fingerprint density at radius 3 is 2.58 bits per heavy atom. The second-order valence-electron chi connectivity index (χ2n) is 6.25. The molecular formula is C16H29N3. The highest BCUT2D eigenvalue weighted by molar-refractivity contribution is 5.75. The average Bonchev–Trinajstić information content (AvgIpc) is 2.89. The lowest BCUT2D eigenvalue weighted by molar-refractivity contribution is 0.0838. The van der Waals surface area contributed by atoms with E-state index in [1.54, 1.807) is 0 Å². The fourth-order valence-corrected chi connectivity index (χ4v) is 3.34. The Balaban J connectivity index is 1.76. The van der Waals surface area contributed by atoms with Crippen LogP contribution in [0.2, 0.25) is 0 Å². The van der Waals surface area contributed by atoms with E-state index in [0.29, 0.717) is 0 Å². The molecule has 1 unspecified atom stereocenters. The van der Waals surface area contributed by atoms with Gasteiger partial charge in [-0.25, -0.2) is 0 Å². The molecule has 0 aromatic rings. The van der Waals surface area contributed by atoms with Crippen molar-refractivity contribution < 1.29 is 0 Å². The molecule has 0 spiro atoms. The zero-order valence-electron chi connectivity index (χ0n) is 12.8. The van der Waals surface area contributed by atoms with Crippen LogP contribution in [0.3, 0.4) is 0 Å². The molecule has 1 saturated heterocycles. The van der Waals surface area contributed by atoms with Gasteiger partial charge in [0.15, 0.2) is 0 Å². The largest absolute Gasteiger partial charge is 0.309 e. The van der Waals surface area contributed by atoms with Gasteiger partial charge in [0, 0.05) is 19.3 Å². The maximum absolute atomic E-state index is 4.70. The van der Waals surface area contributed by atoms with Crippen LogP contribution in [0.15, 0.2) is 17.1 Å². The van der Waals surface area contributed by atoms with Gasteiger partial charge in [0.05, 0.1) is 0 Å². The molecule has 0 aromatic carbocycles. The van der Waals surface area contributed by atoms with Crippen LogP contribution < -0.4 is 0 Å². The summed E-state index contributed by atoms with van der Waals surface area (Å²) >= 11 is 0. The van der Waals surface area contributed by atoms with Crippen molar-refractivity contribution in [1.29, 1.82) is 0 Å². The molecule has 1 atom stereocenters. The van der Waals surface area contributed by atoms with E-state index in [9.17, 15) is 0 Å². The van der Waals surface area contributed by atoms with Crippen molar-refractivity contribution in [3.8, 4) is 0 Å². The molecule has 108 valence electrons. The molecule has 3 nitrogen and oxygen atoms in total. The minimum Gasteiger partial charge on any atom is -0.309 e. The van der Waals surface area contributed by atoms with Crippen molar-refractivity contribution in [2.24, 2.45) is 10.9 Å². The van der Waals surface area contributed by atoms with Crippen molar-refractivity contribution >= 4 is 6.21 Å². The van der Waals surface area contributed by atoms with E-state index in [1.165, 1.54) is 45.3 Å². The van der Waals surface area contributed by atoms with Gasteiger partial charge in [-0.1, -0.05) is 6.92 Å². The van der Waals surface area contributed by atoms with Crippen LogP contribution in [-0.4, -0.2) is 55.4 Å². The monoisotopic (exact) mass is 263 g/mol. The summed E-state index contributed by atoms with van der Waals surface area (Å²) in [5.74, 6) is 0.930. The molecule has 0 N–H and O–H groups in total. The lowest BCUT2D eigenvalue weighted by atomic mass is 9.90. The maximum atomic E-state index is 4.70. The molecule has 0 bridgehead atoms. The van der Waals surface area contributed by atoms with Crippen LogP contribution in [0, 0.1) is 5.92 Å². The molecule has 3 heteroatoms. The lowest BCUT2D eigenvalue weighted by Crippen LogP contribution is -2.48. The van der Waals surface area contributed by atoms with E-state index in [0.717, 1.165) is 12.3 Å². The first kappa shape index (κ1) is 14.7. The topological polar surface area (TPSA) is 18.8 Å². The number of hydrogen-bond acceptors (Lipinski definition) is 3. The Hall–Kier alpha value is -0.670. The third-order valence-corrected chi connectivity index (χ3v) is 4.65. The number of aliphatic imine (C=N–C) groups is 1. The molecule has 0 saturated carbocycles. The minimum absolute atomic E-state index is 0.00535. The summed E-state index contributed by atoms with van der Waals surface area (Å²) < 4.78 is 0. The van der Waals surface area contributed by atoms with Gasteiger partial charge >= 0.3 is 0 Å². The molecule has 0 amide bonds. The van der Waals surface area contributed by atoms with E-state index >= 15 is 0 Å². The van der Waals surface area contributed by atoms with Crippen LogP contribution in [0.5, 0.6) is 0 Å². The third-order valence-electron chi connectivity index (χ3n) is 4.65. The maximum Gasteiger partial charge on any atom is 0.131 e. The second-order valence-corrected chi connectivity index (χ2v) is 6.25. The molecule has 2 aliphatic rings. The number of hydrogen-bond donors (Lipinski definition) is 0. The zero-order valence-corrected chi connectivity index (χ0v) is 12.8. The van der Waals surface area contributed by atoms with E-state index in [-0.39, 0.29) is 5.66 Å². The lowest BCUT2D eigenvalue weighted by Gasteiger charge is -2.41. The summed E-state index contributed by atoms with van der Waals surface area (Å²) in [6, 6.07) is 0. The van der Waals surface area contributed by atoms with Crippen molar-refractivity contribution in [3.63, 3.8) is 0 Å². The number of likely N-dealkylation sites (tertiary alicyclic amines) is 1. The summed E-state index contributed by atoms with van der Waals surface area (Å²) in [6.45, 7) is 5.90. The van der Waals surface area contributed by atoms with E-state index in [1.807, 2.05) is 6.21 Å². The van der Waals surface area contributed by atoms with Gasteiger partial charge in [0.1, 0.15) is 5.66 Å². The van der Waals surface area contributed by atoms with E-state index in [2.05, 4.69) is 43.0 Å². The molecule has 2 aliphatic heterocycles. The molecule has 2 heterocycles. The Bertz CT molecular complexity index is 313. The standard InChI is InChI=1S/C16H29N3/c1-4-16(10-6-11-17-16)19-13-8-15(9-14-19)7-5-12-18(2)3/h6,10-11,15H,4-5,7-9,12-14H2,1-3H3. The van der Waals surface area contributed by atoms with Crippen LogP contribution in [0.4, 0.5) is 0 Å². The molecule has 19 heavy (non-hydrogen) atoms. The first-order valence-corrected chi connectivity index (χ1v) is 7.79. The van der Waals surface area contributed by atoms with Gasteiger partial charge in [-0.05, 0) is 70.8 Å². The number of nitrogens with zero attached hydrogens (tertiary/aromatic N) is 3. The smallest absolute Gasteiger partial charge is 0.131 e. The summed E-state index contributed by atoms with van der Waals surface area (Å²) in [4.78, 5) is 9.57. The predicted octanol–water partition coefficient (Wildman–Crippen LogP) is 2.79. The fourth-order valence-electron chi connectivity index (χ4n) is 3.34. The normalized spacial score (nSPS) is 28.6. The first-order chi connectivity index (χ1) is 9.16. The number of rotatable bonds is 6. The SMILES string of the molecule is CCC1(N2CCC(CCCN(C)C)CC2)C=CC=N1. The Labute approximate surface area is 118 Å². The Morgan fingerprint density at radius 1 is 1.32 bits per heavy atom. The highest BCUT2D eigenvalue weighted by Crippen LogP contribution is 2.32. The summed E-state index contributed by atoms with van der Waals surface area (Å²) in [7, 11) is 4.33. The molecule has 0 aliphatic carbocycles. The molecule has 0 radical (unpaired) electrons. The van der Waals surface area contributed by atoms with Crippen molar-refractivity contribution in [3.05, 3.63) is 12.2 Å². The highest BCUT2D eigenvalue weighted by atomic mass is 15.3. The van der Waals surface area contributed by atoms with Crippen LogP contribution in [-0.2, 0) is 0 Å². The van der Waals surface area contributed by atoms with Gasteiger partial charge in [0.2, 0.25) is 0 Å². The number of piperidine rings is 1. The van der Waals surface area contributed by atoms with E-state index < -0.39 is 0 Å². The van der Waals surface area contributed by atoms with Crippen LogP contribution in [0.1, 0.15) is 39.0 Å². The van der Waals surface area contributed by atoms with Gasteiger partial charge in [-0.15, -0.1) is 0 Å². The second kappa shape index (κ2) is 6.67. The van der Waals surface area contributed by atoms with E-state index in [4.69, 9.17) is 4.99 Å².